The van der Waals surface area contributed by atoms with Crippen LogP contribution < -0.4 is 9.64 Å². The summed E-state index contributed by atoms with van der Waals surface area (Å²) in [7, 11) is 1.68. The number of aromatic nitrogens is 2. The van der Waals surface area contributed by atoms with Gasteiger partial charge in [-0.15, -0.1) is 0 Å². The third-order valence-electron chi connectivity index (χ3n) is 5.84. The molecule has 150 valence electrons. The molecule has 0 radical (unpaired) electrons. The Labute approximate surface area is 170 Å². The molecule has 2 aromatic rings. The van der Waals surface area contributed by atoms with E-state index in [9.17, 15) is 4.79 Å². The number of piperazine rings is 1. The second-order valence-corrected chi connectivity index (χ2v) is 8.56. The zero-order chi connectivity index (χ0) is 19.5. The Balaban J connectivity index is 1.37. The SMILES string of the molecule is COc1cccc(Cc2nsc(N3CCN(C(=O)C4CCCC4)C(C)C3)n2)c1. The van der Waals surface area contributed by atoms with Crippen molar-refractivity contribution in [3.05, 3.63) is 35.7 Å². The van der Waals surface area contributed by atoms with E-state index in [0.717, 1.165) is 54.7 Å². The fourth-order valence-electron chi connectivity index (χ4n) is 4.28. The van der Waals surface area contributed by atoms with Crippen molar-refractivity contribution in [1.29, 1.82) is 0 Å². The van der Waals surface area contributed by atoms with Crippen LogP contribution in [0, 0.1) is 5.92 Å². The number of methoxy groups -OCH3 is 1. The number of ether oxygens (including phenoxy) is 1. The molecule has 6 nitrogen and oxygen atoms in total. The van der Waals surface area contributed by atoms with Crippen molar-refractivity contribution in [1.82, 2.24) is 14.3 Å². The molecule has 1 atom stereocenters. The molecule has 0 bridgehead atoms. The molecule has 1 aromatic heterocycles. The van der Waals surface area contributed by atoms with Crippen LogP contribution in [0.15, 0.2) is 24.3 Å². The monoisotopic (exact) mass is 400 g/mol. The van der Waals surface area contributed by atoms with Crippen molar-refractivity contribution in [3.63, 3.8) is 0 Å². The lowest BCUT2D eigenvalue weighted by Crippen LogP contribution is -2.55. The second-order valence-electron chi connectivity index (χ2n) is 7.83. The fraction of sp³-hybridized carbons (Fsp3) is 0.571. The molecular formula is C21H28N4O2S. The lowest BCUT2D eigenvalue weighted by Gasteiger charge is -2.40. The Morgan fingerprint density at radius 1 is 1.29 bits per heavy atom. The number of anilines is 1. The summed E-state index contributed by atoms with van der Waals surface area (Å²) in [6.45, 7) is 4.58. The number of hydrogen-bond donors (Lipinski definition) is 0. The summed E-state index contributed by atoms with van der Waals surface area (Å²) in [5.74, 6) is 2.31. The number of carbonyl (C=O) groups excluding carboxylic acids is 1. The average Bonchev–Trinajstić information content (AvgIpc) is 3.40. The van der Waals surface area contributed by atoms with Crippen molar-refractivity contribution in [2.45, 2.75) is 45.1 Å². The van der Waals surface area contributed by atoms with Crippen molar-refractivity contribution >= 4 is 22.6 Å². The number of rotatable bonds is 5. The van der Waals surface area contributed by atoms with Gasteiger partial charge in [-0.25, -0.2) is 4.98 Å². The van der Waals surface area contributed by atoms with E-state index in [4.69, 9.17) is 9.72 Å². The van der Waals surface area contributed by atoms with Gasteiger partial charge in [-0.1, -0.05) is 25.0 Å². The molecule has 1 saturated heterocycles. The third-order valence-corrected chi connectivity index (χ3v) is 6.65. The van der Waals surface area contributed by atoms with Crippen LogP contribution >= 0.6 is 11.5 Å². The molecule has 1 saturated carbocycles. The van der Waals surface area contributed by atoms with Crippen LogP contribution in [0.5, 0.6) is 5.75 Å². The first kappa shape index (κ1) is 19.2. The fourth-order valence-corrected chi connectivity index (χ4v) is 5.00. The number of benzene rings is 1. The summed E-state index contributed by atoms with van der Waals surface area (Å²) < 4.78 is 9.84. The van der Waals surface area contributed by atoms with Crippen LogP contribution in [-0.4, -0.2) is 53.0 Å². The highest BCUT2D eigenvalue weighted by Gasteiger charge is 2.33. The maximum absolute atomic E-state index is 12.8. The summed E-state index contributed by atoms with van der Waals surface area (Å²) in [4.78, 5) is 21.9. The molecule has 4 rings (SSSR count). The molecule has 1 unspecified atom stereocenters. The summed E-state index contributed by atoms with van der Waals surface area (Å²) >= 11 is 1.45. The van der Waals surface area contributed by atoms with Crippen LogP contribution in [0.1, 0.15) is 44.0 Å². The molecule has 1 amide bonds. The minimum Gasteiger partial charge on any atom is -0.497 e. The lowest BCUT2D eigenvalue weighted by atomic mass is 10.0. The van der Waals surface area contributed by atoms with Crippen LogP contribution in [0.4, 0.5) is 5.13 Å². The number of hydrogen-bond acceptors (Lipinski definition) is 6. The van der Waals surface area contributed by atoms with Gasteiger partial charge in [0.2, 0.25) is 11.0 Å². The van der Waals surface area contributed by atoms with Gasteiger partial charge < -0.3 is 14.5 Å². The van der Waals surface area contributed by atoms with Crippen molar-refractivity contribution in [2.24, 2.45) is 5.92 Å². The van der Waals surface area contributed by atoms with Crippen LogP contribution in [0.2, 0.25) is 0 Å². The zero-order valence-corrected chi connectivity index (χ0v) is 17.5. The van der Waals surface area contributed by atoms with Gasteiger partial charge in [0.25, 0.3) is 0 Å². The molecular weight excluding hydrogens is 372 g/mol. The van der Waals surface area contributed by atoms with Gasteiger partial charge in [-0.2, -0.15) is 4.37 Å². The average molecular weight is 401 g/mol. The molecule has 1 aliphatic heterocycles. The standard InChI is InChI=1S/C21H28N4O2S/c1-15-14-24(10-11-25(15)20(26)17-7-3-4-8-17)21-22-19(23-28-21)13-16-6-5-9-18(12-16)27-2/h5-6,9,12,15,17H,3-4,7-8,10-11,13-14H2,1-2H3. The maximum atomic E-state index is 12.8. The van der Waals surface area contributed by atoms with E-state index < -0.39 is 0 Å². The Morgan fingerprint density at radius 2 is 2.11 bits per heavy atom. The first-order chi connectivity index (χ1) is 13.6. The predicted octanol–water partition coefficient (Wildman–Crippen LogP) is 3.36. The van der Waals surface area contributed by atoms with Gasteiger partial charge in [-0.05, 0) is 37.5 Å². The molecule has 0 spiro atoms. The zero-order valence-electron chi connectivity index (χ0n) is 16.6. The van der Waals surface area contributed by atoms with Gasteiger partial charge >= 0.3 is 0 Å². The third kappa shape index (κ3) is 4.14. The van der Waals surface area contributed by atoms with E-state index in [1.165, 1.54) is 24.4 Å². The normalized spacial score (nSPS) is 20.6. The highest BCUT2D eigenvalue weighted by atomic mass is 32.1. The molecule has 1 aliphatic carbocycles. The number of carbonyl (C=O) groups is 1. The summed E-state index contributed by atoms with van der Waals surface area (Å²) in [5.41, 5.74) is 1.14. The van der Waals surface area contributed by atoms with Crippen LogP contribution in [0.25, 0.3) is 0 Å². The Bertz CT molecular complexity index is 818. The summed E-state index contributed by atoms with van der Waals surface area (Å²) in [5, 5.41) is 0.956. The molecule has 7 heteroatoms. The first-order valence-electron chi connectivity index (χ1n) is 10.1. The van der Waals surface area contributed by atoms with Gasteiger partial charge in [0.1, 0.15) is 11.6 Å². The largest absolute Gasteiger partial charge is 0.497 e. The minimum absolute atomic E-state index is 0.215. The van der Waals surface area contributed by atoms with Gasteiger partial charge in [0.05, 0.1) is 7.11 Å². The highest BCUT2D eigenvalue weighted by Crippen LogP contribution is 2.29. The number of nitrogens with zero attached hydrogens (tertiary/aromatic N) is 4. The molecule has 1 aromatic carbocycles. The predicted molar refractivity (Wildman–Crippen MR) is 111 cm³/mol. The van der Waals surface area contributed by atoms with Crippen molar-refractivity contribution in [2.75, 3.05) is 31.6 Å². The lowest BCUT2D eigenvalue weighted by molar-refractivity contribution is -0.137. The van der Waals surface area contributed by atoms with E-state index in [1.807, 2.05) is 18.2 Å². The summed E-state index contributed by atoms with van der Waals surface area (Å²) in [6, 6.07) is 8.24. The molecule has 2 fully saturated rings. The molecule has 2 heterocycles. The van der Waals surface area contributed by atoms with Crippen LogP contribution in [0.3, 0.4) is 0 Å². The van der Waals surface area contributed by atoms with Gasteiger partial charge in [0.15, 0.2) is 0 Å². The van der Waals surface area contributed by atoms with E-state index in [1.54, 1.807) is 7.11 Å². The Hall–Kier alpha value is -2.15. The quantitative estimate of drug-likeness (QED) is 0.770. The van der Waals surface area contributed by atoms with E-state index in [2.05, 4.69) is 27.2 Å². The number of amides is 1. The highest BCUT2D eigenvalue weighted by molar-refractivity contribution is 7.09. The Morgan fingerprint density at radius 3 is 2.86 bits per heavy atom. The summed E-state index contributed by atoms with van der Waals surface area (Å²) in [6.07, 6.45) is 5.23. The minimum atomic E-state index is 0.215. The van der Waals surface area contributed by atoms with Crippen molar-refractivity contribution in [3.8, 4) is 5.75 Å². The van der Waals surface area contributed by atoms with Gasteiger partial charge in [0, 0.05) is 49.5 Å². The molecule has 2 aliphatic rings. The van der Waals surface area contributed by atoms with E-state index in [0.29, 0.717) is 12.3 Å². The smallest absolute Gasteiger partial charge is 0.226 e. The van der Waals surface area contributed by atoms with Crippen molar-refractivity contribution < 1.29 is 9.53 Å². The second kappa shape index (κ2) is 8.47. The van der Waals surface area contributed by atoms with Crippen LogP contribution in [-0.2, 0) is 11.2 Å². The topological polar surface area (TPSA) is 58.6 Å². The molecule has 0 N–H and O–H groups in total. The first-order valence-corrected chi connectivity index (χ1v) is 10.9. The Kier molecular flexibility index (Phi) is 5.80. The van der Waals surface area contributed by atoms with E-state index in [-0.39, 0.29) is 12.0 Å². The molecule has 28 heavy (non-hydrogen) atoms. The van der Waals surface area contributed by atoms with Gasteiger partial charge in [-0.3, -0.25) is 4.79 Å². The van der Waals surface area contributed by atoms with E-state index >= 15 is 0 Å². The maximum Gasteiger partial charge on any atom is 0.226 e.